The lowest BCUT2D eigenvalue weighted by Crippen LogP contribution is -2.45. The zero-order chi connectivity index (χ0) is 18.3. The maximum Gasteiger partial charge on any atom is 0.415 e. The minimum Gasteiger partial charge on any atom is -0.489 e. The molecule has 0 radical (unpaired) electrons. The number of hydrogen-bond acceptors (Lipinski definition) is 6. The van der Waals surface area contributed by atoms with Gasteiger partial charge in [0, 0.05) is 11.8 Å². The molecule has 7 heteroatoms. The van der Waals surface area contributed by atoms with E-state index < -0.39 is 18.3 Å². The fourth-order valence-electron chi connectivity index (χ4n) is 3.35. The monoisotopic (exact) mass is 356 g/mol. The third-order valence-electron chi connectivity index (χ3n) is 4.87. The van der Waals surface area contributed by atoms with Gasteiger partial charge in [0.2, 0.25) is 0 Å². The number of cyclic esters (lactones) is 1. The Hall–Kier alpha value is -2.64. The van der Waals surface area contributed by atoms with Crippen molar-refractivity contribution >= 4 is 11.8 Å². The zero-order valence-corrected chi connectivity index (χ0v) is 14.3. The number of ether oxygens (including phenoxy) is 2. The molecule has 1 amide bonds. The zero-order valence-electron chi connectivity index (χ0n) is 14.3. The van der Waals surface area contributed by atoms with E-state index >= 15 is 0 Å². The number of rotatable bonds is 4. The molecule has 3 heterocycles. The smallest absolute Gasteiger partial charge is 0.415 e. The minimum absolute atomic E-state index is 0.231. The molecule has 2 aliphatic rings. The third-order valence-corrected chi connectivity index (χ3v) is 4.87. The lowest BCUT2D eigenvalue weighted by molar-refractivity contribution is 0.0734. The van der Waals surface area contributed by atoms with Gasteiger partial charge in [-0.3, -0.25) is 9.88 Å². The normalized spacial score (nSPS) is 22.3. The van der Waals surface area contributed by atoms with Crippen LogP contribution >= 0.6 is 0 Å². The molecular formula is C19H20N2O5. The Bertz CT molecular complexity index is 823. The molecule has 3 unspecified atom stereocenters. The summed E-state index contributed by atoms with van der Waals surface area (Å²) in [5, 5.41) is 19.2. The van der Waals surface area contributed by atoms with Gasteiger partial charge in [-0.1, -0.05) is 19.1 Å². The molecular weight excluding hydrogens is 336 g/mol. The molecule has 1 saturated heterocycles. The molecule has 1 aromatic carbocycles. The Kier molecular flexibility index (Phi) is 4.26. The average Bonchev–Trinajstić information content (AvgIpc) is 3.03. The summed E-state index contributed by atoms with van der Waals surface area (Å²) < 4.78 is 11.0. The molecule has 0 bridgehead atoms. The van der Waals surface area contributed by atoms with E-state index in [0.717, 1.165) is 11.1 Å². The van der Waals surface area contributed by atoms with Crippen LogP contribution in [0.3, 0.4) is 0 Å². The number of aliphatic hydroxyl groups is 2. The summed E-state index contributed by atoms with van der Waals surface area (Å²) in [5.41, 5.74) is 3.07. The van der Waals surface area contributed by atoms with Crippen molar-refractivity contribution in [3.05, 3.63) is 42.2 Å². The number of carbonyl (C=O) groups excluding carboxylic acids is 1. The van der Waals surface area contributed by atoms with Crippen molar-refractivity contribution in [2.45, 2.75) is 31.6 Å². The molecule has 136 valence electrons. The van der Waals surface area contributed by atoms with Gasteiger partial charge in [-0.2, -0.15) is 0 Å². The lowest BCUT2D eigenvalue weighted by atomic mass is 10.0. The van der Waals surface area contributed by atoms with Gasteiger partial charge in [-0.25, -0.2) is 4.79 Å². The van der Waals surface area contributed by atoms with Gasteiger partial charge in [0.15, 0.2) is 6.10 Å². The van der Waals surface area contributed by atoms with E-state index in [1.807, 2.05) is 37.3 Å². The quantitative estimate of drug-likeness (QED) is 0.873. The van der Waals surface area contributed by atoms with Gasteiger partial charge in [0.05, 0.1) is 24.1 Å². The van der Waals surface area contributed by atoms with Crippen LogP contribution in [0.25, 0.3) is 11.1 Å². The maximum atomic E-state index is 12.1. The molecule has 2 N–H and O–H groups in total. The second kappa shape index (κ2) is 6.59. The number of anilines is 1. The van der Waals surface area contributed by atoms with Crippen molar-refractivity contribution in [2.24, 2.45) is 0 Å². The second-order valence-electron chi connectivity index (χ2n) is 6.43. The van der Waals surface area contributed by atoms with Crippen LogP contribution in [0.15, 0.2) is 36.5 Å². The minimum atomic E-state index is -0.572. The summed E-state index contributed by atoms with van der Waals surface area (Å²) in [6.45, 7) is 1.94. The summed E-state index contributed by atoms with van der Waals surface area (Å²) >= 11 is 0. The number of carbonyl (C=O) groups is 1. The second-order valence-corrected chi connectivity index (χ2v) is 6.43. The number of benzene rings is 1. The standard InChI is InChI=1S/C19H20N2O5/c1-2-16(23)13-5-3-12(8-20-13)11-4-6-14-17(7-11)25-10-15-18(9-22)26-19(24)21(14)15/h3-8,15-16,18,22-23H,2,9-10H2,1H3. The summed E-state index contributed by atoms with van der Waals surface area (Å²) in [5.74, 6) is 0.590. The third kappa shape index (κ3) is 2.69. The van der Waals surface area contributed by atoms with Crippen molar-refractivity contribution in [2.75, 3.05) is 18.1 Å². The largest absolute Gasteiger partial charge is 0.489 e. The van der Waals surface area contributed by atoms with Crippen LogP contribution in [0, 0.1) is 0 Å². The average molecular weight is 356 g/mol. The molecule has 26 heavy (non-hydrogen) atoms. The van der Waals surface area contributed by atoms with Crippen molar-refractivity contribution in [1.29, 1.82) is 0 Å². The SMILES string of the molecule is CCC(O)c1ccc(-c2ccc3c(c2)OCC2C(CO)OC(=O)N32)cn1. The van der Waals surface area contributed by atoms with Crippen LogP contribution < -0.4 is 9.64 Å². The van der Waals surface area contributed by atoms with Crippen LogP contribution in [-0.4, -0.2) is 46.6 Å². The predicted octanol–water partition coefficient (Wildman–Crippen LogP) is 2.27. The van der Waals surface area contributed by atoms with Gasteiger partial charge in [-0.15, -0.1) is 0 Å². The van der Waals surface area contributed by atoms with E-state index in [9.17, 15) is 15.0 Å². The first kappa shape index (κ1) is 16.8. The fourth-order valence-corrected chi connectivity index (χ4v) is 3.35. The highest BCUT2D eigenvalue weighted by Crippen LogP contribution is 2.40. The molecule has 3 atom stereocenters. The molecule has 2 aliphatic heterocycles. The number of aliphatic hydroxyl groups excluding tert-OH is 2. The van der Waals surface area contributed by atoms with E-state index in [1.54, 1.807) is 11.1 Å². The summed E-state index contributed by atoms with van der Waals surface area (Å²) in [6.07, 6.45) is 0.727. The number of fused-ring (bicyclic) bond motifs is 3. The molecule has 7 nitrogen and oxygen atoms in total. The number of aromatic nitrogens is 1. The van der Waals surface area contributed by atoms with Crippen molar-refractivity contribution < 1.29 is 24.5 Å². The van der Waals surface area contributed by atoms with E-state index in [-0.39, 0.29) is 19.3 Å². The first-order valence-corrected chi connectivity index (χ1v) is 8.64. The van der Waals surface area contributed by atoms with E-state index in [1.165, 1.54) is 0 Å². The molecule has 0 saturated carbocycles. The summed E-state index contributed by atoms with van der Waals surface area (Å²) in [6, 6.07) is 8.95. The topological polar surface area (TPSA) is 92.1 Å². The van der Waals surface area contributed by atoms with Gasteiger partial charge >= 0.3 is 6.09 Å². The molecule has 1 fully saturated rings. The number of pyridine rings is 1. The van der Waals surface area contributed by atoms with Gasteiger partial charge < -0.3 is 19.7 Å². The van der Waals surface area contributed by atoms with Crippen LogP contribution in [0.5, 0.6) is 5.75 Å². The molecule has 0 spiro atoms. The van der Waals surface area contributed by atoms with Crippen molar-refractivity contribution in [3.63, 3.8) is 0 Å². The van der Waals surface area contributed by atoms with E-state index in [2.05, 4.69) is 4.98 Å². The summed E-state index contributed by atoms with van der Waals surface area (Å²) in [7, 11) is 0. The van der Waals surface area contributed by atoms with E-state index in [4.69, 9.17) is 9.47 Å². The molecule has 2 aromatic rings. The van der Waals surface area contributed by atoms with Crippen LogP contribution in [0.4, 0.5) is 10.5 Å². The van der Waals surface area contributed by atoms with Crippen molar-refractivity contribution in [3.8, 4) is 16.9 Å². The Morgan fingerprint density at radius 1 is 1.31 bits per heavy atom. The van der Waals surface area contributed by atoms with Crippen LogP contribution in [0.1, 0.15) is 25.1 Å². The van der Waals surface area contributed by atoms with Crippen molar-refractivity contribution in [1.82, 2.24) is 4.98 Å². The highest BCUT2D eigenvalue weighted by atomic mass is 16.6. The first-order valence-electron chi connectivity index (χ1n) is 8.64. The number of nitrogens with zero attached hydrogens (tertiary/aromatic N) is 2. The molecule has 1 aromatic heterocycles. The number of amides is 1. The Balaban J connectivity index is 1.64. The summed E-state index contributed by atoms with van der Waals surface area (Å²) in [4.78, 5) is 18.0. The maximum absolute atomic E-state index is 12.1. The van der Waals surface area contributed by atoms with Gasteiger partial charge in [-0.05, 0) is 30.2 Å². The fraction of sp³-hybridized carbons (Fsp3) is 0.368. The molecule has 4 rings (SSSR count). The highest BCUT2D eigenvalue weighted by molar-refractivity contribution is 5.94. The molecule has 0 aliphatic carbocycles. The van der Waals surface area contributed by atoms with E-state index in [0.29, 0.717) is 23.6 Å². The van der Waals surface area contributed by atoms with Gasteiger partial charge in [0.25, 0.3) is 0 Å². The Morgan fingerprint density at radius 3 is 2.81 bits per heavy atom. The van der Waals surface area contributed by atoms with Crippen LogP contribution in [0.2, 0.25) is 0 Å². The lowest BCUT2D eigenvalue weighted by Gasteiger charge is -2.31. The Morgan fingerprint density at radius 2 is 2.12 bits per heavy atom. The number of hydrogen-bond donors (Lipinski definition) is 2. The highest BCUT2D eigenvalue weighted by Gasteiger charge is 2.46. The predicted molar refractivity (Wildman–Crippen MR) is 94.0 cm³/mol. The Labute approximate surface area is 150 Å². The van der Waals surface area contributed by atoms with Gasteiger partial charge in [0.1, 0.15) is 18.4 Å². The van der Waals surface area contributed by atoms with Crippen LogP contribution in [-0.2, 0) is 4.74 Å². The first-order chi connectivity index (χ1) is 12.6.